The number of imidazole rings is 1. The van der Waals surface area contributed by atoms with Crippen LogP contribution in [0.15, 0.2) is 60.8 Å². The number of amides is 1. The number of ether oxygens (including phenoxy) is 1. The fraction of sp³-hybridized carbons (Fsp3) is 0.286. The Morgan fingerprint density at radius 3 is 2.56 bits per heavy atom. The molecule has 0 aliphatic carbocycles. The van der Waals surface area contributed by atoms with Gasteiger partial charge in [0.1, 0.15) is 11.4 Å². The number of aromatic nitrogens is 2. The van der Waals surface area contributed by atoms with Crippen molar-refractivity contribution in [3.8, 4) is 28.1 Å². The molecule has 0 aliphatic rings. The van der Waals surface area contributed by atoms with E-state index in [1.165, 1.54) is 0 Å². The summed E-state index contributed by atoms with van der Waals surface area (Å²) in [5.74, 6) is 0.929. The minimum absolute atomic E-state index is 0.154. The molecule has 1 amide bonds. The molecule has 4 aromatic rings. The lowest BCUT2D eigenvalue weighted by Crippen LogP contribution is -2.30. The number of methoxy groups -OCH3 is 1. The zero-order chi connectivity index (χ0) is 24.2. The number of rotatable bonds is 8. The number of halogens is 1. The van der Waals surface area contributed by atoms with E-state index in [9.17, 15) is 4.79 Å². The summed E-state index contributed by atoms with van der Waals surface area (Å²) < 4.78 is 7.56. The molecule has 0 fully saturated rings. The summed E-state index contributed by atoms with van der Waals surface area (Å²) in [5, 5.41) is 0.723. The van der Waals surface area contributed by atoms with E-state index >= 15 is 0 Å². The molecule has 0 spiro atoms. The van der Waals surface area contributed by atoms with E-state index in [1.54, 1.807) is 7.11 Å². The summed E-state index contributed by atoms with van der Waals surface area (Å²) in [7, 11) is 1.66. The fourth-order valence-corrected chi connectivity index (χ4v) is 4.63. The highest BCUT2D eigenvalue weighted by molar-refractivity contribution is 6.30. The van der Waals surface area contributed by atoms with Crippen molar-refractivity contribution >= 4 is 23.2 Å². The summed E-state index contributed by atoms with van der Waals surface area (Å²) in [4.78, 5) is 19.6. The van der Waals surface area contributed by atoms with Crippen LogP contribution in [-0.2, 0) is 11.2 Å². The maximum Gasteiger partial charge on any atom is 0.222 e. The second kappa shape index (κ2) is 10.3. The van der Waals surface area contributed by atoms with Crippen LogP contribution in [0.2, 0.25) is 5.02 Å². The number of nitrogens with zero attached hydrogens (tertiary/aromatic N) is 3. The first kappa shape index (κ1) is 23.8. The van der Waals surface area contributed by atoms with Gasteiger partial charge in [0, 0.05) is 36.3 Å². The van der Waals surface area contributed by atoms with E-state index < -0.39 is 0 Å². The van der Waals surface area contributed by atoms with Crippen molar-refractivity contribution in [3.63, 3.8) is 0 Å². The molecule has 2 aromatic carbocycles. The number of hydrogen-bond acceptors (Lipinski definition) is 3. The minimum Gasteiger partial charge on any atom is -0.497 e. The maximum absolute atomic E-state index is 12.8. The lowest BCUT2D eigenvalue weighted by molar-refractivity contribution is -0.130. The van der Waals surface area contributed by atoms with Gasteiger partial charge in [0.15, 0.2) is 0 Å². The maximum atomic E-state index is 12.8. The Hall–Kier alpha value is -3.31. The lowest BCUT2D eigenvalue weighted by atomic mass is 10.0. The SMILES string of the molecule is CCN(CC)C(=O)CCc1c(-c2cccc(OC)c2)nc2ccc(-c3ccc(Cl)cc3C)cn12. The average Bonchev–Trinajstić information content (AvgIpc) is 3.21. The number of aryl methyl sites for hydroxylation is 2. The summed E-state index contributed by atoms with van der Waals surface area (Å²) >= 11 is 6.18. The lowest BCUT2D eigenvalue weighted by Gasteiger charge is -2.18. The second-order valence-corrected chi connectivity index (χ2v) is 8.75. The Labute approximate surface area is 206 Å². The van der Waals surface area contributed by atoms with Gasteiger partial charge in [0.25, 0.3) is 0 Å². The molecule has 2 heterocycles. The largest absolute Gasteiger partial charge is 0.497 e. The van der Waals surface area contributed by atoms with Gasteiger partial charge in [-0.1, -0.05) is 29.8 Å². The number of hydrogen-bond donors (Lipinski definition) is 0. The van der Waals surface area contributed by atoms with Gasteiger partial charge in [0.2, 0.25) is 5.91 Å². The van der Waals surface area contributed by atoms with Gasteiger partial charge in [-0.25, -0.2) is 4.98 Å². The summed E-state index contributed by atoms with van der Waals surface area (Å²) in [5.41, 5.74) is 7.00. The van der Waals surface area contributed by atoms with Crippen molar-refractivity contribution in [2.45, 2.75) is 33.6 Å². The van der Waals surface area contributed by atoms with Gasteiger partial charge in [-0.05, 0) is 80.3 Å². The minimum atomic E-state index is 0.154. The molecule has 0 atom stereocenters. The Morgan fingerprint density at radius 1 is 1.06 bits per heavy atom. The molecule has 0 unspecified atom stereocenters. The number of carbonyl (C=O) groups is 1. The van der Waals surface area contributed by atoms with Crippen LogP contribution in [0.3, 0.4) is 0 Å². The highest BCUT2D eigenvalue weighted by Gasteiger charge is 2.18. The van der Waals surface area contributed by atoms with E-state index in [4.69, 9.17) is 21.3 Å². The zero-order valence-corrected chi connectivity index (χ0v) is 20.9. The van der Waals surface area contributed by atoms with Gasteiger partial charge in [-0.2, -0.15) is 0 Å². The van der Waals surface area contributed by atoms with Gasteiger partial charge < -0.3 is 14.0 Å². The molecule has 2 aromatic heterocycles. The highest BCUT2D eigenvalue weighted by atomic mass is 35.5. The molecule has 0 saturated carbocycles. The molecular formula is C28H30ClN3O2. The molecule has 0 aliphatic heterocycles. The van der Waals surface area contributed by atoms with Crippen molar-refractivity contribution in [2.24, 2.45) is 0 Å². The van der Waals surface area contributed by atoms with Gasteiger partial charge in [-0.15, -0.1) is 0 Å². The average molecular weight is 476 g/mol. The molecule has 6 heteroatoms. The normalized spacial score (nSPS) is 11.1. The third-order valence-corrected chi connectivity index (χ3v) is 6.49. The molecule has 5 nitrogen and oxygen atoms in total. The monoisotopic (exact) mass is 475 g/mol. The quantitative estimate of drug-likeness (QED) is 0.294. The smallest absolute Gasteiger partial charge is 0.222 e. The second-order valence-electron chi connectivity index (χ2n) is 8.31. The van der Waals surface area contributed by atoms with Crippen molar-refractivity contribution in [1.82, 2.24) is 14.3 Å². The van der Waals surface area contributed by atoms with Gasteiger partial charge >= 0.3 is 0 Å². The number of fused-ring (bicyclic) bond motifs is 1. The zero-order valence-electron chi connectivity index (χ0n) is 20.1. The molecule has 4 rings (SSSR count). The molecule has 0 saturated heterocycles. The van der Waals surface area contributed by atoms with Crippen LogP contribution in [0.25, 0.3) is 28.0 Å². The van der Waals surface area contributed by atoms with Gasteiger partial charge in [-0.3, -0.25) is 4.79 Å². The van der Waals surface area contributed by atoms with Crippen LogP contribution in [0.5, 0.6) is 5.75 Å². The third-order valence-electron chi connectivity index (χ3n) is 6.25. The van der Waals surface area contributed by atoms with E-state index in [-0.39, 0.29) is 5.91 Å². The highest BCUT2D eigenvalue weighted by Crippen LogP contribution is 2.31. The van der Waals surface area contributed by atoms with Crippen LogP contribution < -0.4 is 4.74 Å². The topological polar surface area (TPSA) is 46.8 Å². The first-order chi connectivity index (χ1) is 16.4. The van der Waals surface area contributed by atoms with Crippen molar-refractivity contribution in [1.29, 1.82) is 0 Å². The third kappa shape index (κ3) is 4.80. The van der Waals surface area contributed by atoms with Crippen LogP contribution in [-0.4, -0.2) is 40.4 Å². The number of pyridine rings is 1. The molecule has 0 radical (unpaired) electrons. The first-order valence-corrected chi connectivity index (χ1v) is 12.0. The Morgan fingerprint density at radius 2 is 1.85 bits per heavy atom. The Bertz CT molecular complexity index is 1320. The van der Waals surface area contributed by atoms with E-state index in [1.807, 2.05) is 67.3 Å². The molecule has 176 valence electrons. The molecule has 0 bridgehead atoms. The standard InChI is InChI=1S/C28H30ClN3O2/c1-5-31(6-2)27(33)15-13-25-28(20-8-7-9-23(17-20)34-4)30-26-14-10-21(18-32(25)26)24-12-11-22(29)16-19(24)3/h7-12,14,16-18H,5-6,13,15H2,1-4H3. The predicted octanol–water partition coefficient (Wildman–Crippen LogP) is 6.44. The summed E-state index contributed by atoms with van der Waals surface area (Å²) in [6, 6.07) is 17.9. The first-order valence-electron chi connectivity index (χ1n) is 11.6. The number of carbonyl (C=O) groups excluding carboxylic acids is 1. The fourth-order valence-electron chi connectivity index (χ4n) is 4.40. The van der Waals surface area contributed by atoms with Crippen LogP contribution >= 0.6 is 11.6 Å². The molecule has 34 heavy (non-hydrogen) atoms. The Balaban J connectivity index is 1.83. The predicted molar refractivity (Wildman–Crippen MR) is 139 cm³/mol. The van der Waals surface area contributed by atoms with E-state index in [0.29, 0.717) is 25.9 Å². The van der Waals surface area contributed by atoms with Crippen molar-refractivity contribution in [3.05, 3.63) is 77.1 Å². The van der Waals surface area contributed by atoms with Crippen LogP contribution in [0.1, 0.15) is 31.5 Å². The van der Waals surface area contributed by atoms with Crippen LogP contribution in [0, 0.1) is 6.92 Å². The van der Waals surface area contributed by atoms with E-state index in [0.717, 1.165) is 50.1 Å². The number of benzene rings is 2. The Kier molecular flexibility index (Phi) is 7.23. The molecule has 0 N–H and O–H groups in total. The summed E-state index contributed by atoms with van der Waals surface area (Å²) in [6.07, 6.45) is 3.13. The summed E-state index contributed by atoms with van der Waals surface area (Å²) in [6.45, 7) is 7.51. The van der Waals surface area contributed by atoms with Gasteiger partial charge in [0.05, 0.1) is 18.5 Å². The van der Waals surface area contributed by atoms with Crippen LogP contribution in [0.4, 0.5) is 0 Å². The molecular weight excluding hydrogens is 446 g/mol. The van der Waals surface area contributed by atoms with Crippen molar-refractivity contribution < 1.29 is 9.53 Å². The van der Waals surface area contributed by atoms with E-state index in [2.05, 4.69) is 23.6 Å². The van der Waals surface area contributed by atoms with Crippen molar-refractivity contribution in [2.75, 3.05) is 20.2 Å².